The van der Waals surface area contributed by atoms with E-state index < -0.39 is 12.0 Å². The Morgan fingerprint density at radius 2 is 2.22 bits per heavy atom. The molecule has 2 heterocycles. The SMILES string of the molecule is C[C@H](O)C(=O)NCc1[nH]c2c(Cl)c(Cl)ccc2c1-c1cn[nH]c1. The zero-order chi connectivity index (χ0) is 16.6. The number of benzene rings is 1. The van der Waals surface area contributed by atoms with Gasteiger partial charge >= 0.3 is 0 Å². The number of carbonyl (C=O) groups is 1. The molecule has 3 aromatic rings. The summed E-state index contributed by atoms with van der Waals surface area (Å²) in [6.07, 6.45) is 2.37. The second kappa shape index (κ2) is 6.23. The molecule has 0 aliphatic carbocycles. The number of aromatic nitrogens is 3. The summed E-state index contributed by atoms with van der Waals surface area (Å²) in [4.78, 5) is 14.8. The molecule has 0 fully saturated rings. The average Bonchev–Trinajstić information content (AvgIpc) is 3.15. The number of aromatic amines is 2. The second-order valence-corrected chi connectivity index (χ2v) is 5.93. The number of nitrogens with zero attached hydrogens (tertiary/aromatic N) is 1. The van der Waals surface area contributed by atoms with Crippen LogP contribution in [0.25, 0.3) is 22.0 Å². The smallest absolute Gasteiger partial charge is 0.248 e. The molecule has 0 saturated carbocycles. The molecule has 2 aromatic heterocycles. The van der Waals surface area contributed by atoms with Gasteiger partial charge in [-0.25, -0.2) is 0 Å². The maximum absolute atomic E-state index is 11.6. The Kier molecular flexibility index (Phi) is 4.30. The van der Waals surface area contributed by atoms with E-state index in [9.17, 15) is 9.90 Å². The highest BCUT2D eigenvalue weighted by atomic mass is 35.5. The lowest BCUT2D eigenvalue weighted by Crippen LogP contribution is -2.32. The molecule has 0 spiro atoms. The zero-order valence-electron chi connectivity index (χ0n) is 12.2. The van der Waals surface area contributed by atoms with Crippen molar-refractivity contribution >= 4 is 40.0 Å². The number of aliphatic hydroxyl groups excluding tert-OH is 1. The summed E-state index contributed by atoms with van der Waals surface area (Å²) >= 11 is 12.3. The molecule has 1 amide bonds. The van der Waals surface area contributed by atoms with Crippen LogP contribution in [0.2, 0.25) is 10.0 Å². The number of fused-ring (bicyclic) bond motifs is 1. The Labute approximate surface area is 141 Å². The zero-order valence-corrected chi connectivity index (χ0v) is 13.7. The summed E-state index contributed by atoms with van der Waals surface area (Å²) in [6, 6.07) is 3.59. The number of hydrogen-bond donors (Lipinski definition) is 4. The summed E-state index contributed by atoms with van der Waals surface area (Å²) in [5.41, 5.74) is 3.17. The van der Waals surface area contributed by atoms with E-state index in [2.05, 4.69) is 20.5 Å². The highest BCUT2D eigenvalue weighted by molar-refractivity contribution is 6.45. The molecule has 1 atom stereocenters. The minimum absolute atomic E-state index is 0.215. The van der Waals surface area contributed by atoms with Gasteiger partial charge in [-0.1, -0.05) is 29.3 Å². The Hall–Kier alpha value is -2.02. The molecule has 3 rings (SSSR count). The van der Waals surface area contributed by atoms with Crippen LogP contribution in [0.4, 0.5) is 0 Å². The number of amides is 1. The van der Waals surface area contributed by atoms with Crippen LogP contribution in [0, 0.1) is 0 Å². The van der Waals surface area contributed by atoms with Gasteiger partial charge in [0.05, 0.1) is 28.3 Å². The summed E-state index contributed by atoms with van der Waals surface area (Å²) in [6.45, 7) is 1.63. The van der Waals surface area contributed by atoms with Crippen LogP contribution >= 0.6 is 23.2 Å². The van der Waals surface area contributed by atoms with Crippen LogP contribution in [0.3, 0.4) is 0 Å². The van der Waals surface area contributed by atoms with Crippen molar-refractivity contribution < 1.29 is 9.90 Å². The summed E-state index contributed by atoms with van der Waals surface area (Å²) in [7, 11) is 0. The van der Waals surface area contributed by atoms with Crippen molar-refractivity contribution in [1.82, 2.24) is 20.5 Å². The van der Waals surface area contributed by atoms with Crippen LogP contribution in [-0.2, 0) is 11.3 Å². The monoisotopic (exact) mass is 352 g/mol. The van der Waals surface area contributed by atoms with E-state index >= 15 is 0 Å². The highest BCUT2D eigenvalue weighted by Crippen LogP contribution is 2.38. The van der Waals surface area contributed by atoms with Gasteiger partial charge in [-0.2, -0.15) is 5.10 Å². The molecule has 0 saturated heterocycles. The number of nitrogens with one attached hydrogen (secondary N) is 3. The molecular formula is C15H14Cl2N4O2. The van der Waals surface area contributed by atoms with Gasteiger partial charge < -0.3 is 15.4 Å². The Bertz CT molecular complexity index is 856. The first-order valence-electron chi connectivity index (χ1n) is 6.92. The van der Waals surface area contributed by atoms with Crippen molar-refractivity contribution in [2.45, 2.75) is 19.6 Å². The molecule has 0 radical (unpaired) electrons. The number of aliphatic hydroxyl groups is 1. The van der Waals surface area contributed by atoms with Crippen molar-refractivity contribution in [2.24, 2.45) is 0 Å². The van der Waals surface area contributed by atoms with E-state index in [4.69, 9.17) is 23.2 Å². The fourth-order valence-electron chi connectivity index (χ4n) is 2.43. The van der Waals surface area contributed by atoms with Gasteiger partial charge in [0.1, 0.15) is 6.10 Å². The van der Waals surface area contributed by atoms with Crippen molar-refractivity contribution in [2.75, 3.05) is 0 Å². The molecule has 0 bridgehead atoms. The van der Waals surface area contributed by atoms with Crippen LogP contribution in [0.1, 0.15) is 12.6 Å². The maximum atomic E-state index is 11.6. The third kappa shape index (κ3) is 2.93. The number of halogens is 2. The minimum Gasteiger partial charge on any atom is -0.384 e. The molecule has 8 heteroatoms. The number of carbonyl (C=O) groups excluding carboxylic acids is 1. The summed E-state index contributed by atoms with van der Waals surface area (Å²) in [5, 5.41) is 20.4. The van der Waals surface area contributed by atoms with Crippen LogP contribution in [0.15, 0.2) is 24.5 Å². The molecule has 23 heavy (non-hydrogen) atoms. The van der Waals surface area contributed by atoms with Crippen molar-refractivity contribution in [3.05, 3.63) is 40.3 Å². The molecular weight excluding hydrogens is 339 g/mol. The molecule has 0 aliphatic heterocycles. The third-order valence-corrected chi connectivity index (χ3v) is 4.35. The van der Waals surface area contributed by atoms with E-state index in [-0.39, 0.29) is 6.54 Å². The van der Waals surface area contributed by atoms with Gasteiger partial charge in [-0.15, -0.1) is 0 Å². The number of rotatable bonds is 4. The predicted molar refractivity (Wildman–Crippen MR) is 89.4 cm³/mol. The Morgan fingerprint density at radius 3 is 2.87 bits per heavy atom. The third-order valence-electron chi connectivity index (χ3n) is 3.55. The lowest BCUT2D eigenvalue weighted by molar-refractivity contribution is -0.128. The lowest BCUT2D eigenvalue weighted by Gasteiger charge is -2.07. The molecule has 0 unspecified atom stereocenters. The quantitative estimate of drug-likeness (QED) is 0.581. The van der Waals surface area contributed by atoms with Crippen molar-refractivity contribution in [1.29, 1.82) is 0 Å². The normalized spacial score (nSPS) is 12.5. The average molecular weight is 353 g/mol. The highest BCUT2D eigenvalue weighted by Gasteiger charge is 2.18. The molecule has 120 valence electrons. The first-order chi connectivity index (χ1) is 11.0. The van der Waals surface area contributed by atoms with E-state index in [1.54, 1.807) is 18.5 Å². The van der Waals surface area contributed by atoms with Crippen LogP contribution in [-0.4, -0.2) is 32.3 Å². The molecule has 4 N–H and O–H groups in total. The van der Waals surface area contributed by atoms with Gasteiger partial charge in [0.2, 0.25) is 5.91 Å². The predicted octanol–water partition coefficient (Wildman–Crippen LogP) is 2.86. The number of H-pyrrole nitrogens is 2. The molecule has 1 aromatic carbocycles. The largest absolute Gasteiger partial charge is 0.384 e. The Morgan fingerprint density at radius 1 is 1.43 bits per heavy atom. The van der Waals surface area contributed by atoms with E-state index in [0.717, 1.165) is 22.2 Å². The topological polar surface area (TPSA) is 93.8 Å². The van der Waals surface area contributed by atoms with Gasteiger partial charge in [0.25, 0.3) is 0 Å². The van der Waals surface area contributed by atoms with Crippen molar-refractivity contribution in [3.63, 3.8) is 0 Å². The molecule has 6 nitrogen and oxygen atoms in total. The molecule has 0 aliphatic rings. The minimum atomic E-state index is -1.07. The van der Waals surface area contributed by atoms with Gasteiger partial charge in [-0.3, -0.25) is 9.89 Å². The fourth-order valence-corrected chi connectivity index (χ4v) is 2.80. The van der Waals surface area contributed by atoms with E-state index in [0.29, 0.717) is 15.6 Å². The summed E-state index contributed by atoms with van der Waals surface area (Å²) in [5.74, 6) is -0.453. The lowest BCUT2D eigenvalue weighted by atomic mass is 10.1. The van der Waals surface area contributed by atoms with Crippen LogP contribution < -0.4 is 5.32 Å². The first kappa shape index (κ1) is 15.9. The first-order valence-corrected chi connectivity index (χ1v) is 7.68. The summed E-state index contributed by atoms with van der Waals surface area (Å²) < 4.78 is 0. The van der Waals surface area contributed by atoms with Gasteiger partial charge in [0, 0.05) is 28.4 Å². The van der Waals surface area contributed by atoms with Gasteiger partial charge in [-0.05, 0) is 13.0 Å². The van der Waals surface area contributed by atoms with E-state index in [1.165, 1.54) is 6.92 Å². The maximum Gasteiger partial charge on any atom is 0.248 e. The van der Waals surface area contributed by atoms with E-state index in [1.807, 2.05) is 6.07 Å². The van der Waals surface area contributed by atoms with Gasteiger partial charge in [0.15, 0.2) is 0 Å². The standard InChI is InChI=1S/C15H14Cl2N4O2/c1-7(22)15(23)18-6-11-12(8-4-19-20-5-8)9-2-3-10(16)13(17)14(9)21-11/h2-5,7,21-22H,6H2,1H3,(H,18,23)(H,19,20)/t7-/m0/s1. The number of hydrogen-bond acceptors (Lipinski definition) is 3. The van der Waals surface area contributed by atoms with Crippen LogP contribution in [0.5, 0.6) is 0 Å². The fraction of sp³-hybridized carbons (Fsp3) is 0.200. The van der Waals surface area contributed by atoms with Crippen molar-refractivity contribution in [3.8, 4) is 11.1 Å². The Balaban J connectivity index is 2.10. The second-order valence-electron chi connectivity index (χ2n) is 5.14.